The first-order valence-corrected chi connectivity index (χ1v) is 6.80. The topological polar surface area (TPSA) is 18.5 Å². The van der Waals surface area contributed by atoms with E-state index in [0.717, 1.165) is 12.1 Å². The highest BCUT2D eigenvalue weighted by Gasteiger charge is 2.29. The minimum atomic E-state index is 0.707. The summed E-state index contributed by atoms with van der Waals surface area (Å²) in [4.78, 5) is 5.14. The Morgan fingerprint density at radius 2 is 2.06 bits per heavy atom. The molecule has 0 aromatic heterocycles. The molecule has 0 aliphatic carbocycles. The van der Waals surface area contributed by atoms with Gasteiger partial charge in [-0.25, -0.2) is 0 Å². The molecular weight excluding hydrogens is 198 g/mol. The van der Waals surface area contributed by atoms with E-state index in [0.29, 0.717) is 6.04 Å². The second-order valence-electron chi connectivity index (χ2n) is 5.79. The van der Waals surface area contributed by atoms with Crippen molar-refractivity contribution in [2.45, 2.75) is 50.7 Å². The average molecular weight is 225 g/mol. The van der Waals surface area contributed by atoms with Crippen molar-refractivity contribution < 1.29 is 0 Å². The molecule has 2 aliphatic heterocycles. The molecule has 3 atom stereocenters. The molecule has 0 radical (unpaired) electrons. The molecule has 1 N–H and O–H groups in total. The molecule has 0 saturated carbocycles. The van der Waals surface area contributed by atoms with Crippen molar-refractivity contribution in [2.24, 2.45) is 0 Å². The van der Waals surface area contributed by atoms with Crippen LogP contribution >= 0.6 is 0 Å². The van der Waals surface area contributed by atoms with Crippen LogP contribution in [0.4, 0.5) is 0 Å². The van der Waals surface area contributed by atoms with Gasteiger partial charge in [0.25, 0.3) is 0 Å². The van der Waals surface area contributed by atoms with Crippen molar-refractivity contribution in [3.8, 4) is 0 Å². The lowest BCUT2D eigenvalue weighted by molar-refractivity contribution is 0.0748. The molecule has 94 valence electrons. The van der Waals surface area contributed by atoms with E-state index in [2.05, 4.69) is 36.1 Å². The number of likely N-dealkylation sites (tertiary alicyclic amines) is 1. The zero-order chi connectivity index (χ0) is 11.5. The number of hydrogen-bond donors (Lipinski definition) is 1. The van der Waals surface area contributed by atoms with Crippen molar-refractivity contribution in [3.05, 3.63) is 0 Å². The van der Waals surface area contributed by atoms with Gasteiger partial charge in [-0.3, -0.25) is 4.90 Å². The van der Waals surface area contributed by atoms with Crippen molar-refractivity contribution >= 4 is 0 Å². The van der Waals surface area contributed by atoms with Gasteiger partial charge in [0, 0.05) is 24.7 Å². The molecule has 0 amide bonds. The van der Waals surface area contributed by atoms with Crippen LogP contribution < -0.4 is 5.32 Å². The zero-order valence-electron chi connectivity index (χ0n) is 11.1. The van der Waals surface area contributed by atoms with Gasteiger partial charge >= 0.3 is 0 Å². The van der Waals surface area contributed by atoms with Gasteiger partial charge in [0.1, 0.15) is 0 Å². The predicted octanol–water partition coefficient (Wildman–Crippen LogP) is 1.15. The van der Waals surface area contributed by atoms with Crippen LogP contribution in [0, 0.1) is 0 Å². The molecule has 2 aliphatic rings. The van der Waals surface area contributed by atoms with Crippen LogP contribution in [0.1, 0.15) is 32.6 Å². The van der Waals surface area contributed by atoms with Gasteiger partial charge in [-0.1, -0.05) is 0 Å². The van der Waals surface area contributed by atoms with Crippen LogP contribution in [0.5, 0.6) is 0 Å². The summed E-state index contributed by atoms with van der Waals surface area (Å²) in [6.45, 7) is 6.13. The van der Waals surface area contributed by atoms with Crippen molar-refractivity contribution in [1.82, 2.24) is 15.1 Å². The molecule has 3 unspecified atom stereocenters. The standard InChI is InChI=1S/C13H27N3/c1-11-9-12(6-7-14-11)16-8-4-5-13(10-16)15(2)3/h11-14H,4-10H2,1-3H3. The predicted molar refractivity (Wildman–Crippen MR) is 68.8 cm³/mol. The Balaban J connectivity index is 1.88. The SMILES string of the molecule is CC1CC(N2CCCC(N(C)C)C2)CCN1. The Morgan fingerprint density at radius 1 is 1.25 bits per heavy atom. The summed E-state index contributed by atoms with van der Waals surface area (Å²) in [7, 11) is 4.44. The minimum absolute atomic E-state index is 0.707. The van der Waals surface area contributed by atoms with Crippen LogP contribution in [-0.4, -0.2) is 61.7 Å². The summed E-state index contributed by atoms with van der Waals surface area (Å²) in [6.07, 6.45) is 5.43. The van der Waals surface area contributed by atoms with Gasteiger partial charge in [0.2, 0.25) is 0 Å². The number of nitrogens with one attached hydrogen (secondary N) is 1. The average Bonchev–Trinajstić information content (AvgIpc) is 2.29. The molecule has 2 heterocycles. The molecule has 2 rings (SSSR count). The van der Waals surface area contributed by atoms with Crippen LogP contribution in [0.2, 0.25) is 0 Å². The molecule has 0 aromatic carbocycles. The van der Waals surface area contributed by atoms with Crippen LogP contribution in [-0.2, 0) is 0 Å². The largest absolute Gasteiger partial charge is 0.314 e. The van der Waals surface area contributed by atoms with E-state index < -0.39 is 0 Å². The van der Waals surface area contributed by atoms with Crippen LogP contribution in [0.25, 0.3) is 0 Å². The van der Waals surface area contributed by atoms with Crippen LogP contribution in [0.15, 0.2) is 0 Å². The van der Waals surface area contributed by atoms with E-state index in [4.69, 9.17) is 0 Å². The highest BCUT2D eigenvalue weighted by Crippen LogP contribution is 2.21. The Labute approximate surface area is 100 Å². The lowest BCUT2D eigenvalue weighted by Crippen LogP contribution is -2.53. The fraction of sp³-hybridized carbons (Fsp3) is 1.00. The Hall–Kier alpha value is -0.120. The van der Waals surface area contributed by atoms with E-state index in [1.165, 1.54) is 45.3 Å². The normalized spacial score (nSPS) is 37.9. The quantitative estimate of drug-likeness (QED) is 0.760. The number of likely N-dealkylation sites (N-methyl/N-ethyl adjacent to an activating group) is 1. The molecule has 2 fully saturated rings. The molecule has 2 saturated heterocycles. The zero-order valence-corrected chi connectivity index (χ0v) is 11.1. The number of hydrogen-bond acceptors (Lipinski definition) is 3. The number of piperidine rings is 2. The van der Waals surface area contributed by atoms with Crippen molar-refractivity contribution in [3.63, 3.8) is 0 Å². The monoisotopic (exact) mass is 225 g/mol. The van der Waals surface area contributed by atoms with E-state index in [9.17, 15) is 0 Å². The molecule has 0 bridgehead atoms. The fourth-order valence-corrected chi connectivity index (χ4v) is 3.17. The first kappa shape index (κ1) is 12.3. The molecular formula is C13H27N3. The molecule has 0 aromatic rings. The lowest BCUT2D eigenvalue weighted by atomic mass is 9.95. The Morgan fingerprint density at radius 3 is 2.75 bits per heavy atom. The van der Waals surface area contributed by atoms with E-state index in [1.807, 2.05) is 0 Å². The maximum atomic E-state index is 3.55. The molecule has 3 nitrogen and oxygen atoms in total. The van der Waals surface area contributed by atoms with Gasteiger partial charge in [0.15, 0.2) is 0 Å². The van der Waals surface area contributed by atoms with Crippen molar-refractivity contribution in [1.29, 1.82) is 0 Å². The summed E-state index contributed by atoms with van der Waals surface area (Å²) in [5.74, 6) is 0. The summed E-state index contributed by atoms with van der Waals surface area (Å²) >= 11 is 0. The molecule has 16 heavy (non-hydrogen) atoms. The van der Waals surface area contributed by atoms with Gasteiger partial charge in [-0.2, -0.15) is 0 Å². The Kier molecular flexibility index (Phi) is 4.22. The second kappa shape index (κ2) is 5.48. The third-order valence-electron chi connectivity index (χ3n) is 4.27. The third kappa shape index (κ3) is 2.96. The summed E-state index contributed by atoms with van der Waals surface area (Å²) < 4.78 is 0. The molecule has 3 heteroatoms. The minimum Gasteiger partial charge on any atom is -0.314 e. The first-order valence-electron chi connectivity index (χ1n) is 6.80. The first-order chi connectivity index (χ1) is 7.66. The second-order valence-corrected chi connectivity index (χ2v) is 5.79. The highest BCUT2D eigenvalue weighted by atomic mass is 15.2. The number of nitrogens with zero attached hydrogens (tertiary/aromatic N) is 2. The third-order valence-corrected chi connectivity index (χ3v) is 4.27. The van der Waals surface area contributed by atoms with Crippen LogP contribution in [0.3, 0.4) is 0 Å². The van der Waals surface area contributed by atoms with Gasteiger partial charge < -0.3 is 10.2 Å². The summed E-state index contributed by atoms with van der Waals surface area (Å²) in [5.41, 5.74) is 0. The van der Waals surface area contributed by atoms with Gasteiger partial charge in [0.05, 0.1) is 0 Å². The smallest absolute Gasteiger partial charge is 0.0217 e. The van der Waals surface area contributed by atoms with E-state index >= 15 is 0 Å². The Bertz CT molecular complexity index is 217. The maximum absolute atomic E-state index is 3.55. The summed E-state index contributed by atoms with van der Waals surface area (Å²) in [5, 5.41) is 3.55. The summed E-state index contributed by atoms with van der Waals surface area (Å²) in [6, 6.07) is 2.32. The molecule has 0 spiro atoms. The van der Waals surface area contributed by atoms with E-state index in [1.54, 1.807) is 0 Å². The van der Waals surface area contributed by atoms with Gasteiger partial charge in [-0.05, 0) is 59.8 Å². The maximum Gasteiger partial charge on any atom is 0.0217 e. The fourth-order valence-electron chi connectivity index (χ4n) is 3.17. The van der Waals surface area contributed by atoms with E-state index in [-0.39, 0.29) is 0 Å². The number of rotatable bonds is 2. The van der Waals surface area contributed by atoms with Gasteiger partial charge in [-0.15, -0.1) is 0 Å². The highest BCUT2D eigenvalue weighted by molar-refractivity contribution is 4.87. The van der Waals surface area contributed by atoms with Crippen molar-refractivity contribution in [2.75, 3.05) is 33.7 Å². The lowest BCUT2D eigenvalue weighted by Gasteiger charge is -2.43.